The van der Waals surface area contributed by atoms with Gasteiger partial charge < -0.3 is 10.6 Å². The molecule has 0 radical (unpaired) electrons. The summed E-state index contributed by atoms with van der Waals surface area (Å²) >= 11 is 0. The molecule has 0 spiro atoms. The van der Waals surface area contributed by atoms with E-state index in [9.17, 15) is 13.6 Å². The minimum atomic E-state index is -0.650. The van der Waals surface area contributed by atoms with Crippen molar-refractivity contribution < 1.29 is 13.6 Å². The highest BCUT2D eigenvalue weighted by molar-refractivity contribution is 5.92. The first-order valence-electron chi connectivity index (χ1n) is 5.61. The van der Waals surface area contributed by atoms with Gasteiger partial charge in [0.25, 0.3) is 0 Å². The minimum Gasteiger partial charge on any atom is -0.322 e. The highest BCUT2D eigenvalue weighted by Crippen LogP contribution is 2.14. The summed E-state index contributed by atoms with van der Waals surface area (Å²) in [6.07, 6.45) is 0. The maximum absolute atomic E-state index is 13.3. The molecule has 0 saturated heterocycles. The summed E-state index contributed by atoms with van der Waals surface area (Å²) in [6, 6.07) is 2.94. The largest absolute Gasteiger partial charge is 0.322 e. The number of carbonyl (C=O) groups is 1. The van der Waals surface area contributed by atoms with Gasteiger partial charge in [-0.1, -0.05) is 0 Å². The van der Waals surface area contributed by atoms with Gasteiger partial charge in [0.05, 0.1) is 12.2 Å². The Bertz CT molecular complexity index is 412. The van der Waals surface area contributed by atoms with Gasteiger partial charge in [0.15, 0.2) is 0 Å². The van der Waals surface area contributed by atoms with Gasteiger partial charge in [-0.3, -0.25) is 9.69 Å². The van der Waals surface area contributed by atoms with Crippen LogP contribution in [0.2, 0.25) is 0 Å². The van der Waals surface area contributed by atoms with Gasteiger partial charge in [0, 0.05) is 19.2 Å². The van der Waals surface area contributed by atoms with Gasteiger partial charge in [0.2, 0.25) is 5.91 Å². The molecule has 1 aromatic rings. The average Bonchev–Trinajstić information content (AvgIpc) is 2.31. The van der Waals surface area contributed by atoms with Gasteiger partial charge >= 0.3 is 0 Å². The molecule has 18 heavy (non-hydrogen) atoms. The van der Waals surface area contributed by atoms with E-state index in [1.165, 1.54) is 0 Å². The van der Waals surface area contributed by atoms with Crippen molar-refractivity contribution in [2.24, 2.45) is 0 Å². The molecular formula is C12H17F2N3O. The predicted octanol–water partition coefficient (Wildman–Crippen LogP) is 1.05. The molecule has 2 N–H and O–H groups in total. The second kappa shape index (κ2) is 7.03. The topological polar surface area (TPSA) is 44.4 Å². The molecule has 1 amide bonds. The SMILES string of the molecule is CNCCN(C)CC(=O)Nc1cc(F)ccc1F. The van der Waals surface area contributed by atoms with E-state index in [-0.39, 0.29) is 18.1 Å². The molecule has 0 unspecified atom stereocenters. The average molecular weight is 257 g/mol. The first-order chi connectivity index (χ1) is 8.52. The van der Waals surface area contributed by atoms with Crippen LogP contribution in [0.15, 0.2) is 18.2 Å². The Labute approximate surface area is 105 Å². The Morgan fingerprint density at radius 3 is 2.78 bits per heavy atom. The number of hydrogen-bond acceptors (Lipinski definition) is 3. The number of halogens is 2. The van der Waals surface area contributed by atoms with E-state index >= 15 is 0 Å². The lowest BCUT2D eigenvalue weighted by Gasteiger charge is -2.16. The number of likely N-dealkylation sites (N-methyl/N-ethyl adjacent to an activating group) is 2. The van der Waals surface area contributed by atoms with Crippen LogP contribution < -0.4 is 10.6 Å². The van der Waals surface area contributed by atoms with Crippen LogP contribution >= 0.6 is 0 Å². The maximum Gasteiger partial charge on any atom is 0.238 e. The van der Waals surface area contributed by atoms with E-state index in [0.717, 1.165) is 24.7 Å². The number of benzene rings is 1. The van der Waals surface area contributed by atoms with E-state index in [1.807, 2.05) is 7.05 Å². The van der Waals surface area contributed by atoms with E-state index in [1.54, 1.807) is 11.9 Å². The van der Waals surface area contributed by atoms with Gasteiger partial charge in [-0.05, 0) is 26.2 Å². The zero-order chi connectivity index (χ0) is 13.5. The molecule has 6 heteroatoms. The van der Waals surface area contributed by atoms with Gasteiger partial charge in [-0.2, -0.15) is 0 Å². The number of anilines is 1. The van der Waals surface area contributed by atoms with Crippen molar-refractivity contribution in [1.82, 2.24) is 10.2 Å². The molecule has 0 bridgehead atoms. The fourth-order valence-corrected chi connectivity index (χ4v) is 1.41. The van der Waals surface area contributed by atoms with Crippen molar-refractivity contribution in [2.45, 2.75) is 0 Å². The van der Waals surface area contributed by atoms with Crippen LogP contribution in [0, 0.1) is 11.6 Å². The standard InChI is InChI=1S/C12H17F2N3O/c1-15-5-6-17(2)8-12(18)16-11-7-9(13)3-4-10(11)14/h3-4,7,15H,5-6,8H2,1-2H3,(H,16,18). The third kappa shape index (κ3) is 4.77. The van der Waals surface area contributed by atoms with E-state index in [4.69, 9.17) is 0 Å². The Morgan fingerprint density at radius 1 is 1.39 bits per heavy atom. The van der Waals surface area contributed by atoms with Crippen molar-refractivity contribution in [3.63, 3.8) is 0 Å². The maximum atomic E-state index is 13.3. The third-order valence-electron chi connectivity index (χ3n) is 2.36. The molecule has 1 aromatic carbocycles. The first-order valence-corrected chi connectivity index (χ1v) is 5.61. The van der Waals surface area contributed by atoms with E-state index < -0.39 is 11.6 Å². The van der Waals surface area contributed by atoms with Crippen molar-refractivity contribution in [3.8, 4) is 0 Å². The molecule has 0 aliphatic carbocycles. The normalized spacial score (nSPS) is 10.7. The fraction of sp³-hybridized carbons (Fsp3) is 0.417. The smallest absolute Gasteiger partial charge is 0.238 e. The lowest BCUT2D eigenvalue weighted by molar-refractivity contribution is -0.117. The zero-order valence-corrected chi connectivity index (χ0v) is 10.5. The second-order valence-corrected chi connectivity index (χ2v) is 4.01. The first kappa shape index (κ1) is 14.5. The monoisotopic (exact) mass is 257 g/mol. The molecular weight excluding hydrogens is 240 g/mol. The Hall–Kier alpha value is -1.53. The van der Waals surface area contributed by atoms with Crippen LogP contribution in [-0.2, 0) is 4.79 Å². The molecule has 0 saturated carbocycles. The summed E-state index contributed by atoms with van der Waals surface area (Å²) < 4.78 is 26.2. The molecule has 0 aliphatic heterocycles. The molecule has 0 fully saturated rings. The third-order valence-corrected chi connectivity index (χ3v) is 2.36. The number of hydrogen-bond donors (Lipinski definition) is 2. The number of amides is 1. The van der Waals surface area contributed by atoms with E-state index in [0.29, 0.717) is 6.54 Å². The van der Waals surface area contributed by atoms with E-state index in [2.05, 4.69) is 10.6 Å². The summed E-state index contributed by atoms with van der Waals surface area (Å²) in [5.41, 5.74) is -0.137. The van der Waals surface area contributed by atoms with Crippen LogP contribution in [0.5, 0.6) is 0 Å². The highest BCUT2D eigenvalue weighted by atomic mass is 19.1. The summed E-state index contributed by atoms with van der Waals surface area (Å²) in [7, 11) is 3.59. The molecule has 0 aromatic heterocycles. The summed E-state index contributed by atoms with van der Waals surface area (Å²) in [6.45, 7) is 1.56. The Kier molecular flexibility index (Phi) is 5.67. The Morgan fingerprint density at radius 2 is 2.11 bits per heavy atom. The molecule has 1 rings (SSSR count). The fourth-order valence-electron chi connectivity index (χ4n) is 1.41. The summed E-state index contributed by atoms with van der Waals surface area (Å²) in [4.78, 5) is 13.4. The number of carbonyl (C=O) groups excluding carboxylic acids is 1. The van der Waals surface area contributed by atoms with Crippen molar-refractivity contribution in [2.75, 3.05) is 39.0 Å². The van der Waals surface area contributed by atoms with Crippen LogP contribution in [0.3, 0.4) is 0 Å². The van der Waals surface area contributed by atoms with Crippen LogP contribution in [-0.4, -0.2) is 44.5 Å². The zero-order valence-electron chi connectivity index (χ0n) is 10.5. The minimum absolute atomic E-state index is 0.123. The predicted molar refractivity (Wildman–Crippen MR) is 66.4 cm³/mol. The van der Waals surface area contributed by atoms with Gasteiger partial charge in [0.1, 0.15) is 11.6 Å². The molecule has 4 nitrogen and oxygen atoms in total. The lowest BCUT2D eigenvalue weighted by Crippen LogP contribution is -2.34. The van der Waals surface area contributed by atoms with Crippen LogP contribution in [0.4, 0.5) is 14.5 Å². The summed E-state index contributed by atoms with van der Waals surface area (Å²) in [5, 5.41) is 5.30. The van der Waals surface area contributed by atoms with Crippen molar-refractivity contribution in [1.29, 1.82) is 0 Å². The van der Waals surface area contributed by atoms with Gasteiger partial charge in [-0.25, -0.2) is 8.78 Å². The lowest BCUT2D eigenvalue weighted by atomic mass is 10.3. The number of nitrogens with one attached hydrogen (secondary N) is 2. The number of rotatable bonds is 6. The van der Waals surface area contributed by atoms with Gasteiger partial charge in [-0.15, -0.1) is 0 Å². The van der Waals surface area contributed by atoms with Crippen LogP contribution in [0.25, 0.3) is 0 Å². The molecule has 0 atom stereocenters. The quantitative estimate of drug-likeness (QED) is 0.801. The van der Waals surface area contributed by atoms with Crippen molar-refractivity contribution >= 4 is 11.6 Å². The molecule has 0 aliphatic rings. The summed E-state index contributed by atoms with van der Waals surface area (Å²) in [5.74, 6) is -1.61. The Balaban J connectivity index is 2.51. The number of nitrogens with zero attached hydrogens (tertiary/aromatic N) is 1. The van der Waals surface area contributed by atoms with Crippen molar-refractivity contribution in [3.05, 3.63) is 29.8 Å². The van der Waals surface area contributed by atoms with Crippen LogP contribution in [0.1, 0.15) is 0 Å². The molecule has 100 valence electrons. The molecule has 0 heterocycles. The highest BCUT2D eigenvalue weighted by Gasteiger charge is 2.10. The second-order valence-electron chi connectivity index (χ2n) is 4.01.